The molecule has 1 aliphatic carbocycles. The van der Waals surface area contributed by atoms with Crippen molar-refractivity contribution < 1.29 is 9.84 Å². The van der Waals surface area contributed by atoms with E-state index in [4.69, 9.17) is 9.84 Å². The van der Waals surface area contributed by atoms with Gasteiger partial charge in [0, 0.05) is 29.7 Å². The highest BCUT2D eigenvalue weighted by molar-refractivity contribution is 7.96. The lowest BCUT2D eigenvalue weighted by molar-refractivity contribution is 0.299. The molecular formula is C24H25N5O2S. The lowest BCUT2D eigenvalue weighted by atomic mass is 10.1. The van der Waals surface area contributed by atoms with Crippen molar-refractivity contribution in [2.24, 2.45) is 5.92 Å². The Balaban J connectivity index is 1.41. The van der Waals surface area contributed by atoms with Crippen molar-refractivity contribution in [1.82, 2.24) is 14.7 Å². The van der Waals surface area contributed by atoms with Crippen LogP contribution in [0.2, 0.25) is 0 Å². The minimum absolute atomic E-state index is 0.130. The highest BCUT2D eigenvalue weighted by atomic mass is 32.2. The van der Waals surface area contributed by atoms with Gasteiger partial charge in [0.1, 0.15) is 11.8 Å². The predicted octanol–water partition coefficient (Wildman–Crippen LogP) is 4.28. The maximum atomic E-state index is 9.53. The average molecular weight is 448 g/mol. The quantitative estimate of drug-likeness (QED) is 0.296. The molecule has 0 unspecified atom stereocenters. The summed E-state index contributed by atoms with van der Waals surface area (Å²) < 4.78 is 8.90. The maximum absolute atomic E-state index is 9.53. The third-order valence-electron chi connectivity index (χ3n) is 4.99. The molecule has 164 valence electrons. The van der Waals surface area contributed by atoms with E-state index in [-0.39, 0.29) is 6.61 Å². The molecule has 2 aromatic carbocycles. The Hall–Kier alpha value is -3.12. The van der Waals surface area contributed by atoms with Crippen LogP contribution >= 0.6 is 11.9 Å². The van der Waals surface area contributed by atoms with Gasteiger partial charge in [0.05, 0.1) is 24.5 Å². The summed E-state index contributed by atoms with van der Waals surface area (Å²) in [6.45, 7) is 1.38. The van der Waals surface area contributed by atoms with E-state index in [0.717, 1.165) is 22.7 Å². The molecule has 1 saturated carbocycles. The average Bonchev–Trinajstić information content (AvgIpc) is 3.66. The first-order valence-corrected chi connectivity index (χ1v) is 11.6. The van der Waals surface area contributed by atoms with Crippen LogP contribution in [0.25, 0.3) is 11.3 Å². The van der Waals surface area contributed by atoms with E-state index in [2.05, 4.69) is 26.1 Å². The fourth-order valence-corrected chi connectivity index (χ4v) is 3.74. The Kier molecular flexibility index (Phi) is 7.56. The molecule has 0 saturated heterocycles. The summed E-state index contributed by atoms with van der Waals surface area (Å²) in [5.41, 5.74) is 4.15. The first-order chi connectivity index (χ1) is 15.7. The van der Waals surface area contributed by atoms with Crippen molar-refractivity contribution in [1.29, 1.82) is 5.26 Å². The number of nitrogens with one attached hydrogen (secondary N) is 2. The third kappa shape index (κ3) is 6.20. The molecule has 0 spiro atoms. The molecular weight excluding hydrogens is 422 g/mol. The largest absolute Gasteiger partial charge is 0.492 e. The van der Waals surface area contributed by atoms with Gasteiger partial charge < -0.3 is 15.2 Å². The Morgan fingerprint density at radius 2 is 2.00 bits per heavy atom. The summed E-state index contributed by atoms with van der Waals surface area (Å²) >= 11 is 1.56. The third-order valence-corrected chi connectivity index (χ3v) is 5.87. The summed E-state index contributed by atoms with van der Waals surface area (Å²) in [4.78, 5) is 8.93. The maximum Gasteiger partial charge on any atom is 0.227 e. The van der Waals surface area contributed by atoms with Gasteiger partial charge in [-0.3, -0.25) is 4.72 Å². The smallest absolute Gasteiger partial charge is 0.227 e. The van der Waals surface area contributed by atoms with Gasteiger partial charge in [0.25, 0.3) is 0 Å². The van der Waals surface area contributed by atoms with Gasteiger partial charge in [-0.05, 0) is 60.7 Å². The van der Waals surface area contributed by atoms with Gasteiger partial charge in [0.15, 0.2) is 0 Å². The number of ether oxygens (including phenoxy) is 1. The molecule has 3 N–H and O–H groups in total. The summed E-state index contributed by atoms with van der Waals surface area (Å²) in [5, 5.41) is 21.6. The monoisotopic (exact) mass is 447 g/mol. The topological polar surface area (TPSA) is 103 Å². The number of rotatable bonds is 11. The molecule has 1 fully saturated rings. The molecule has 0 aliphatic heterocycles. The van der Waals surface area contributed by atoms with E-state index in [1.54, 1.807) is 18.1 Å². The van der Waals surface area contributed by atoms with E-state index in [1.807, 2.05) is 48.5 Å². The number of anilines is 2. The molecule has 0 radical (unpaired) electrons. The second-order valence-electron chi connectivity index (χ2n) is 7.57. The van der Waals surface area contributed by atoms with Gasteiger partial charge in [-0.25, -0.2) is 9.97 Å². The van der Waals surface area contributed by atoms with Gasteiger partial charge >= 0.3 is 0 Å². The zero-order valence-corrected chi connectivity index (χ0v) is 18.4. The van der Waals surface area contributed by atoms with E-state index < -0.39 is 0 Å². The van der Waals surface area contributed by atoms with Crippen LogP contribution in [0.1, 0.15) is 24.0 Å². The minimum atomic E-state index is 0.130. The van der Waals surface area contributed by atoms with Crippen molar-refractivity contribution in [3.63, 3.8) is 0 Å². The minimum Gasteiger partial charge on any atom is -0.492 e. The van der Waals surface area contributed by atoms with Crippen LogP contribution in [-0.2, 0) is 5.75 Å². The molecule has 4 rings (SSSR count). The first-order valence-electron chi connectivity index (χ1n) is 10.6. The second kappa shape index (κ2) is 11.0. The van der Waals surface area contributed by atoms with E-state index in [1.165, 1.54) is 18.4 Å². The Labute approximate surface area is 192 Å². The van der Waals surface area contributed by atoms with Crippen LogP contribution in [0.15, 0.2) is 54.7 Å². The van der Waals surface area contributed by atoms with Crippen molar-refractivity contribution in [2.75, 3.05) is 25.1 Å². The molecule has 0 amide bonds. The highest BCUT2D eigenvalue weighted by Crippen LogP contribution is 2.31. The molecule has 0 atom stereocenters. The number of hydrogen-bond donors (Lipinski definition) is 3. The van der Waals surface area contributed by atoms with Crippen LogP contribution in [-0.4, -0.2) is 34.8 Å². The van der Waals surface area contributed by atoms with Gasteiger partial charge in [-0.2, -0.15) is 5.26 Å². The zero-order chi connectivity index (χ0) is 22.2. The summed E-state index contributed by atoms with van der Waals surface area (Å²) in [6.07, 6.45) is 4.12. The van der Waals surface area contributed by atoms with E-state index >= 15 is 0 Å². The van der Waals surface area contributed by atoms with Crippen LogP contribution < -0.4 is 14.8 Å². The van der Waals surface area contributed by atoms with Crippen LogP contribution in [0.3, 0.4) is 0 Å². The lowest BCUT2D eigenvalue weighted by Crippen LogP contribution is -2.09. The Morgan fingerprint density at radius 3 is 2.75 bits per heavy atom. The molecule has 1 heterocycles. The van der Waals surface area contributed by atoms with Crippen LogP contribution in [0, 0.1) is 17.2 Å². The number of aromatic nitrogens is 2. The van der Waals surface area contributed by atoms with Gasteiger partial charge in [-0.1, -0.05) is 24.1 Å². The zero-order valence-electron chi connectivity index (χ0n) is 17.6. The van der Waals surface area contributed by atoms with E-state index in [9.17, 15) is 5.26 Å². The first kappa shape index (κ1) is 22.1. The number of nitriles is 1. The highest BCUT2D eigenvalue weighted by Gasteiger charge is 2.22. The fourth-order valence-electron chi connectivity index (χ4n) is 3.04. The molecule has 32 heavy (non-hydrogen) atoms. The lowest BCUT2D eigenvalue weighted by Gasteiger charge is -2.10. The number of aliphatic hydroxyl groups excluding tert-OH is 1. The normalized spacial score (nSPS) is 12.9. The molecule has 1 aromatic heterocycles. The van der Waals surface area contributed by atoms with Crippen molar-refractivity contribution in [2.45, 2.75) is 18.6 Å². The Morgan fingerprint density at radius 1 is 1.16 bits per heavy atom. The number of hydrogen-bond acceptors (Lipinski definition) is 8. The van der Waals surface area contributed by atoms with Crippen molar-refractivity contribution in [3.8, 4) is 23.1 Å². The van der Waals surface area contributed by atoms with Crippen molar-refractivity contribution >= 4 is 23.6 Å². The van der Waals surface area contributed by atoms with Crippen LogP contribution in [0.4, 0.5) is 11.6 Å². The molecule has 7 nitrogen and oxygen atoms in total. The van der Waals surface area contributed by atoms with Crippen molar-refractivity contribution in [3.05, 3.63) is 65.9 Å². The molecule has 3 aromatic rings. The second-order valence-corrected chi connectivity index (χ2v) is 8.44. The summed E-state index contributed by atoms with van der Waals surface area (Å²) in [7, 11) is 0. The summed E-state index contributed by atoms with van der Waals surface area (Å²) in [6, 6.07) is 17.7. The Bertz CT molecular complexity index is 1080. The number of aliphatic hydroxyl groups is 1. The molecule has 8 heteroatoms. The SMILES string of the molecule is N#Cc1cc(-c2ccnc(Nc3ccc(CSNCCO)cc3)n2)ccc1OCC1CC1. The van der Waals surface area contributed by atoms with Gasteiger partial charge in [-0.15, -0.1) is 0 Å². The van der Waals surface area contributed by atoms with Gasteiger partial charge in [0.2, 0.25) is 5.95 Å². The number of benzene rings is 2. The summed E-state index contributed by atoms with van der Waals surface area (Å²) in [5.74, 6) is 2.56. The van der Waals surface area contributed by atoms with Crippen LogP contribution in [0.5, 0.6) is 5.75 Å². The predicted molar refractivity (Wildman–Crippen MR) is 127 cm³/mol. The number of nitrogens with zero attached hydrogens (tertiary/aromatic N) is 3. The molecule has 1 aliphatic rings. The standard InChI is InChI=1S/C24H25N5O2S/c25-14-20-13-19(5-8-23(20)31-15-17-1-2-17)22-9-10-26-24(29-22)28-21-6-3-18(4-7-21)16-32-27-11-12-30/h3-10,13,17,27,30H,1-2,11-12,15-16H2,(H,26,28,29). The fraction of sp³-hybridized carbons (Fsp3) is 0.292. The van der Waals surface area contributed by atoms with E-state index in [0.29, 0.717) is 36.3 Å². The molecule has 0 bridgehead atoms.